The third kappa shape index (κ3) is 4.86. The zero-order chi connectivity index (χ0) is 25.3. The minimum absolute atomic E-state index is 0.0702. The highest BCUT2D eigenvalue weighted by Crippen LogP contribution is 2.39. The van der Waals surface area contributed by atoms with Gasteiger partial charge in [0.25, 0.3) is 0 Å². The first-order chi connectivity index (χ1) is 17.3. The van der Waals surface area contributed by atoms with Crippen LogP contribution in [0.4, 0.5) is 13.2 Å². The van der Waals surface area contributed by atoms with Gasteiger partial charge in [-0.3, -0.25) is 14.6 Å². The second kappa shape index (κ2) is 9.33. The molecule has 0 aliphatic carbocycles. The van der Waals surface area contributed by atoms with E-state index in [0.29, 0.717) is 35.5 Å². The lowest BCUT2D eigenvalue weighted by molar-refractivity contribution is -0.138. The van der Waals surface area contributed by atoms with E-state index in [0.717, 1.165) is 22.5 Å². The van der Waals surface area contributed by atoms with Crippen molar-refractivity contribution in [2.24, 2.45) is 0 Å². The first-order valence-corrected chi connectivity index (χ1v) is 11.3. The second-order valence-electron chi connectivity index (χ2n) is 8.45. The largest absolute Gasteiger partial charge is 0.481 e. The van der Waals surface area contributed by atoms with Crippen LogP contribution in [0.25, 0.3) is 44.5 Å². The molecule has 0 atom stereocenters. The van der Waals surface area contributed by atoms with Gasteiger partial charge in [-0.25, -0.2) is 0 Å². The summed E-state index contributed by atoms with van der Waals surface area (Å²) < 4.78 is 43.4. The molecule has 0 radical (unpaired) electrons. The molecule has 182 valence electrons. The summed E-state index contributed by atoms with van der Waals surface area (Å²) >= 11 is 0. The Morgan fingerprint density at radius 3 is 2.47 bits per heavy atom. The lowest BCUT2D eigenvalue weighted by Gasteiger charge is -2.14. The van der Waals surface area contributed by atoms with E-state index >= 15 is 0 Å². The first-order valence-electron chi connectivity index (χ1n) is 11.3. The van der Waals surface area contributed by atoms with Crippen molar-refractivity contribution in [3.63, 3.8) is 0 Å². The molecular formula is C27H21F3N4O2. The topological polar surface area (TPSA) is 83.8 Å². The lowest BCUT2D eigenvalue weighted by Crippen LogP contribution is -2.07. The van der Waals surface area contributed by atoms with Crippen LogP contribution in [0.2, 0.25) is 0 Å². The highest BCUT2D eigenvalue weighted by Gasteiger charge is 2.34. The Morgan fingerprint density at radius 1 is 0.944 bits per heavy atom. The van der Waals surface area contributed by atoms with Crippen molar-refractivity contribution in [3.05, 3.63) is 84.6 Å². The number of aromatic nitrogens is 4. The number of carboxylic acids is 1. The molecule has 5 rings (SSSR count). The van der Waals surface area contributed by atoms with Gasteiger partial charge in [-0.2, -0.15) is 23.4 Å². The zero-order valence-electron chi connectivity index (χ0n) is 19.0. The molecule has 2 aromatic heterocycles. The van der Waals surface area contributed by atoms with Gasteiger partial charge in [0, 0.05) is 35.7 Å². The average Bonchev–Trinajstić information content (AvgIpc) is 3.50. The molecule has 36 heavy (non-hydrogen) atoms. The van der Waals surface area contributed by atoms with E-state index in [-0.39, 0.29) is 12.0 Å². The smallest absolute Gasteiger partial charge is 0.417 e. The maximum Gasteiger partial charge on any atom is 0.417 e. The summed E-state index contributed by atoms with van der Waals surface area (Å²) in [5.41, 5.74) is 2.89. The number of benzene rings is 3. The Bertz CT molecular complexity index is 1540. The van der Waals surface area contributed by atoms with Crippen molar-refractivity contribution in [2.45, 2.75) is 25.6 Å². The highest BCUT2D eigenvalue weighted by molar-refractivity contribution is 5.84. The van der Waals surface area contributed by atoms with Crippen LogP contribution in [0.1, 0.15) is 18.4 Å². The van der Waals surface area contributed by atoms with E-state index in [2.05, 4.69) is 15.3 Å². The van der Waals surface area contributed by atoms with Crippen LogP contribution in [0.5, 0.6) is 0 Å². The van der Waals surface area contributed by atoms with Crippen molar-refractivity contribution < 1.29 is 23.1 Å². The Hall–Kier alpha value is -4.40. The Morgan fingerprint density at radius 2 is 1.72 bits per heavy atom. The van der Waals surface area contributed by atoms with E-state index in [9.17, 15) is 18.0 Å². The molecule has 0 saturated heterocycles. The molecule has 3 aromatic carbocycles. The fourth-order valence-corrected chi connectivity index (χ4v) is 4.18. The number of carboxylic acid groups (broad SMARTS) is 1. The minimum Gasteiger partial charge on any atom is -0.481 e. The highest BCUT2D eigenvalue weighted by atomic mass is 19.4. The third-order valence-corrected chi connectivity index (χ3v) is 5.92. The van der Waals surface area contributed by atoms with Gasteiger partial charge >= 0.3 is 12.1 Å². The van der Waals surface area contributed by atoms with Gasteiger partial charge in [-0.05, 0) is 41.8 Å². The van der Waals surface area contributed by atoms with Crippen molar-refractivity contribution in [1.82, 2.24) is 20.0 Å². The fraction of sp³-hybridized carbons (Fsp3) is 0.148. The number of halogens is 3. The average molecular weight is 490 g/mol. The maximum atomic E-state index is 13.9. The lowest BCUT2D eigenvalue weighted by atomic mass is 9.96. The van der Waals surface area contributed by atoms with Gasteiger partial charge in [0.1, 0.15) is 0 Å². The number of aryl methyl sites for hydroxylation is 1. The van der Waals surface area contributed by atoms with Gasteiger partial charge in [-0.1, -0.05) is 48.5 Å². The van der Waals surface area contributed by atoms with Crippen LogP contribution >= 0.6 is 0 Å². The minimum atomic E-state index is -4.52. The van der Waals surface area contributed by atoms with E-state index in [1.54, 1.807) is 47.1 Å². The monoisotopic (exact) mass is 490 g/mol. The standard InChI is InChI=1S/C27H21F3N4O2/c28-27(29,30)22-14-19(8-10-21(22)17-5-2-1-3-6-17)25-15-24(31-32-25)18-9-11-23-20(13-18)16-34(33-23)12-4-7-26(35)36/h1-3,5-6,8-11,13-16H,4,7,12H2,(H,31,32)(H,35,36). The van der Waals surface area contributed by atoms with E-state index in [1.807, 2.05) is 24.4 Å². The van der Waals surface area contributed by atoms with Crippen LogP contribution < -0.4 is 0 Å². The molecule has 0 fully saturated rings. The van der Waals surface area contributed by atoms with Crippen molar-refractivity contribution >= 4 is 16.9 Å². The molecule has 0 unspecified atom stereocenters. The molecule has 0 spiro atoms. The van der Waals surface area contributed by atoms with Crippen molar-refractivity contribution in [1.29, 1.82) is 0 Å². The number of hydrogen-bond acceptors (Lipinski definition) is 3. The number of fused-ring (bicyclic) bond motifs is 1. The molecule has 0 bridgehead atoms. The molecular weight excluding hydrogens is 469 g/mol. The number of aliphatic carboxylic acids is 1. The summed E-state index contributed by atoms with van der Waals surface area (Å²) in [5.74, 6) is -0.846. The number of hydrogen-bond donors (Lipinski definition) is 2. The summed E-state index contributed by atoms with van der Waals surface area (Å²) in [6.07, 6.45) is -2.13. The second-order valence-corrected chi connectivity index (χ2v) is 8.45. The van der Waals surface area contributed by atoms with Gasteiger partial charge in [-0.15, -0.1) is 0 Å². The van der Waals surface area contributed by atoms with Crippen LogP contribution in [0.3, 0.4) is 0 Å². The van der Waals surface area contributed by atoms with Gasteiger partial charge in [0.05, 0.1) is 22.5 Å². The quantitative estimate of drug-likeness (QED) is 0.268. The van der Waals surface area contributed by atoms with Crippen LogP contribution in [-0.2, 0) is 17.5 Å². The molecule has 0 aliphatic heterocycles. The van der Waals surface area contributed by atoms with E-state index in [4.69, 9.17) is 5.11 Å². The number of rotatable bonds is 7. The number of nitrogens with zero attached hydrogens (tertiary/aromatic N) is 3. The number of nitrogens with one attached hydrogen (secondary N) is 1. The van der Waals surface area contributed by atoms with Crippen LogP contribution in [0.15, 0.2) is 79.0 Å². The zero-order valence-corrected chi connectivity index (χ0v) is 19.0. The van der Waals surface area contributed by atoms with Gasteiger partial charge in [0.15, 0.2) is 0 Å². The predicted octanol–water partition coefficient (Wildman–Crippen LogP) is 6.64. The Balaban J connectivity index is 1.44. The predicted molar refractivity (Wildman–Crippen MR) is 130 cm³/mol. The maximum absolute atomic E-state index is 13.9. The fourth-order valence-electron chi connectivity index (χ4n) is 4.18. The van der Waals surface area contributed by atoms with E-state index < -0.39 is 17.7 Å². The molecule has 2 N–H and O–H groups in total. The number of alkyl halides is 3. The Kier molecular flexibility index (Phi) is 6.05. The van der Waals surface area contributed by atoms with Crippen LogP contribution in [-0.4, -0.2) is 31.1 Å². The molecule has 2 heterocycles. The van der Waals surface area contributed by atoms with Crippen LogP contribution in [0, 0.1) is 0 Å². The summed E-state index contributed by atoms with van der Waals surface area (Å²) in [5, 5.41) is 21.3. The Labute approximate surface area is 204 Å². The molecule has 5 aromatic rings. The van der Waals surface area contributed by atoms with Gasteiger partial charge in [0.2, 0.25) is 0 Å². The number of aromatic amines is 1. The molecule has 0 saturated carbocycles. The van der Waals surface area contributed by atoms with Crippen molar-refractivity contribution in [2.75, 3.05) is 0 Å². The van der Waals surface area contributed by atoms with E-state index in [1.165, 1.54) is 6.07 Å². The first kappa shape index (κ1) is 23.3. The molecule has 0 aliphatic rings. The normalized spacial score (nSPS) is 11.8. The molecule has 6 nitrogen and oxygen atoms in total. The number of H-pyrrole nitrogens is 1. The summed E-state index contributed by atoms with van der Waals surface area (Å²) in [4.78, 5) is 10.7. The van der Waals surface area contributed by atoms with Crippen molar-refractivity contribution in [3.8, 4) is 33.6 Å². The van der Waals surface area contributed by atoms with Gasteiger partial charge < -0.3 is 5.11 Å². The SMILES string of the molecule is O=C(O)CCCn1cc2cc(-c3cc(-c4ccc(-c5ccccc5)c(C(F)(F)F)c4)n[nH]3)ccc2n1. The number of carbonyl (C=O) groups is 1. The summed E-state index contributed by atoms with van der Waals surface area (Å²) in [6, 6.07) is 20.1. The summed E-state index contributed by atoms with van der Waals surface area (Å²) in [7, 11) is 0. The summed E-state index contributed by atoms with van der Waals surface area (Å²) in [6.45, 7) is 0.491. The third-order valence-electron chi connectivity index (χ3n) is 5.92. The molecule has 9 heteroatoms. The molecule has 0 amide bonds.